The normalized spacial score (nSPS) is 19.0. The molecule has 18 heavy (non-hydrogen) atoms. The van der Waals surface area contributed by atoms with Crippen LogP contribution in [0.15, 0.2) is 12.4 Å². The van der Waals surface area contributed by atoms with E-state index in [0.717, 1.165) is 32.4 Å². The molecule has 1 aliphatic carbocycles. The van der Waals surface area contributed by atoms with Gasteiger partial charge in [0.1, 0.15) is 0 Å². The topological polar surface area (TPSA) is 50.1 Å². The van der Waals surface area contributed by atoms with Gasteiger partial charge in [0.25, 0.3) is 0 Å². The Bertz CT molecular complexity index is 356. The number of hydrogen-bond acceptors (Lipinski definition) is 3. The van der Waals surface area contributed by atoms with E-state index in [9.17, 15) is 5.11 Å². The predicted octanol–water partition coefficient (Wildman–Crippen LogP) is 2.08. The smallest absolute Gasteiger partial charge is 0.0613 e. The van der Waals surface area contributed by atoms with Crippen LogP contribution in [0, 0.1) is 0 Å². The number of nitrogens with zero attached hydrogens (tertiary/aromatic N) is 2. The van der Waals surface area contributed by atoms with Crippen LogP contribution in [0.1, 0.15) is 51.0 Å². The van der Waals surface area contributed by atoms with Crippen molar-refractivity contribution in [2.45, 2.75) is 64.1 Å². The average Bonchev–Trinajstić information content (AvgIpc) is 2.86. The zero-order valence-corrected chi connectivity index (χ0v) is 11.4. The predicted molar refractivity (Wildman–Crippen MR) is 72.3 cm³/mol. The summed E-state index contributed by atoms with van der Waals surface area (Å²) in [6, 6.07) is 0. The average molecular weight is 251 g/mol. The van der Waals surface area contributed by atoms with E-state index < -0.39 is 0 Å². The summed E-state index contributed by atoms with van der Waals surface area (Å²) in [7, 11) is 0. The van der Waals surface area contributed by atoms with Crippen LogP contribution in [-0.4, -0.2) is 27.0 Å². The van der Waals surface area contributed by atoms with Crippen LogP contribution in [0.3, 0.4) is 0 Å². The van der Waals surface area contributed by atoms with Gasteiger partial charge < -0.3 is 10.4 Å². The van der Waals surface area contributed by atoms with Crippen molar-refractivity contribution in [3.8, 4) is 0 Å². The number of rotatable bonds is 6. The molecule has 0 aromatic carbocycles. The largest absolute Gasteiger partial charge is 0.394 e. The minimum atomic E-state index is -0.0505. The molecule has 102 valence electrons. The molecule has 0 spiro atoms. The Balaban J connectivity index is 1.88. The Hall–Kier alpha value is -0.870. The van der Waals surface area contributed by atoms with Crippen LogP contribution in [0.5, 0.6) is 0 Å². The van der Waals surface area contributed by atoms with Gasteiger partial charge in [-0.1, -0.05) is 26.2 Å². The SMILES string of the molecule is CCCn1cc(CNC2(CO)CCCCC2)cn1. The summed E-state index contributed by atoms with van der Waals surface area (Å²) in [5.41, 5.74) is 1.16. The second-order valence-corrected chi connectivity index (χ2v) is 5.46. The quantitative estimate of drug-likeness (QED) is 0.814. The maximum absolute atomic E-state index is 9.63. The molecule has 4 nitrogen and oxygen atoms in total. The lowest BCUT2D eigenvalue weighted by atomic mass is 9.82. The Morgan fingerprint density at radius 3 is 2.83 bits per heavy atom. The van der Waals surface area contributed by atoms with Crippen LogP contribution < -0.4 is 5.32 Å². The molecule has 0 radical (unpaired) electrons. The van der Waals surface area contributed by atoms with Crippen molar-refractivity contribution in [2.24, 2.45) is 0 Å². The molecule has 1 fully saturated rings. The van der Waals surface area contributed by atoms with E-state index in [4.69, 9.17) is 0 Å². The minimum absolute atomic E-state index is 0.0505. The van der Waals surface area contributed by atoms with Gasteiger partial charge in [0.15, 0.2) is 0 Å². The summed E-state index contributed by atoms with van der Waals surface area (Å²) < 4.78 is 1.99. The summed E-state index contributed by atoms with van der Waals surface area (Å²) in [6.45, 7) is 4.19. The lowest BCUT2D eigenvalue weighted by molar-refractivity contribution is 0.119. The van der Waals surface area contributed by atoms with Gasteiger partial charge in [-0.05, 0) is 19.3 Å². The van der Waals surface area contributed by atoms with Crippen molar-refractivity contribution < 1.29 is 5.11 Å². The molecular formula is C14H25N3O. The number of aliphatic hydroxyl groups is 1. The summed E-state index contributed by atoms with van der Waals surface area (Å²) in [6.07, 6.45) is 11.1. The first kappa shape index (κ1) is 13.6. The van der Waals surface area contributed by atoms with Gasteiger partial charge in [-0.3, -0.25) is 4.68 Å². The Labute approximate surface area is 109 Å². The van der Waals surface area contributed by atoms with Crippen molar-refractivity contribution >= 4 is 0 Å². The van der Waals surface area contributed by atoms with Crippen molar-refractivity contribution in [1.29, 1.82) is 0 Å². The standard InChI is InChI=1S/C14H25N3O/c1-2-8-17-11-13(10-16-17)9-15-14(12-18)6-4-3-5-7-14/h10-11,15,18H,2-9,12H2,1H3. The molecule has 0 unspecified atom stereocenters. The van der Waals surface area contributed by atoms with Gasteiger partial charge in [0.05, 0.1) is 12.8 Å². The molecule has 1 heterocycles. The number of aryl methyl sites for hydroxylation is 1. The van der Waals surface area contributed by atoms with Crippen LogP contribution in [0.4, 0.5) is 0 Å². The number of aliphatic hydroxyl groups excluding tert-OH is 1. The van der Waals surface area contributed by atoms with Crippen molar-refractivity contribution in [3.05, 3.63) is 18.0 Å². The van der Waals surface area contributed by atoms with Crippen molar-refractivity contribution in [1.82, 2.24) is 15.1 Å². The van der Waals surface area contributed by atoms with Crippen LogP contribution >= 0.6 is 0 Å². The molecule has 0 bridgehead atoms. The third-order valence-corrected chi connectivity index (χ3v) is 3.92. The van der Waals surface area contributed by atoms with E-state index >= 15 is 0 Å². The fraction of sp³-hybridized carbons (Fsp3) is 0.786. The Morgan fingerprint density at radius 1 is 1.39 bits per heavy atom. The van der Waals surface area contributed by atoms with E-state index in [1.165, 1.54) is 24.8 Å². The monoisotopic (exact) mass is 251 g/mol. The number of hydrogen-bond donors (Lipinski definition) is 2. The molecule has 1 aromatic heterocycles. The zero-order valence-electron chi connectivity index (χ0n) is 11.4. The van der Waals surface area contributed by atoms with Crippen LogP contribution in [0.25, 0.3) is 0 Å². The Kier molecular flexibility index (Phi) is 4.78. The lowest BCUT2D eigenvalue weighted by Crippen LogP contribution is -2.49. The van der Waals surface area contributed by atoms with Crippen molar-refractivity contribution in [2.75, 3.05) is 6.61 Å². The zero-order chi connectivity index (χ0) is 12.8. The maximum Gasteiger partial charge on any atom is 0.0613 e. The summed E-state index contributed by atoms with van der Waals surface area (Å²) in [5, 5.41) is 17.5. The number of aromatic nitrogens is 2. The van der Waals surface area contributed by atoms with E-state index in [-0.39, 0.29) is 12.1 Å². The molecule has 1 aromatic rings. The molecule has 1 saturated carbocycles. The van der Waals surface area contributed by atoms with Gasteiger partial charge in [-0.25, -0.2) is 0 Å². The van der Waals surface area contributed by atoms with Gasteiger partial charge in [0.2, 0.25) is 0 Å². The highest BCUT2D eigenvalue weighted by molar-refractivity contribution is 5.05. The summed E-state index contributed by atoms with van der Waals surface area (Å²) in [4.78, 5) is 0. The first-order valence-corrected chi connectivity index (χ1v) is 7.15. The maximum atomic E-state index is 9.63. The molecule has 0 amide bonds. The third-order valence-electron chi connectivity index (χ3n) is 3.92. The van der Waals surface area contributed by atoms with E-state index in [1.54, 1.807) is 0 Å². The Morgan fingerprint density at radius 2 is 2.17 bits per heavy atom. The summed E-state index contributed by atoms with van der Waals surface area (Å²) >= 11 is 0. The first-order valence-electron chi connectivity index (χ1n) is 7.15. The summed E-state index contributed by atoms with van der Waals surface area (Å²) in [5.74, 6) is 0. The number of nitrogens with one attached hydrogen (secondary N) is 1. The highest BCUT2D eigenvalue weighted by Crippen LogP contribution is 2.28. The van der Waals surface area contributed by atoms with Crippen LogP contribution in [0.2, 0.25) is 0 Å². The molecule has 0 aliphatic heterocycles. The fourth-order valence-electron chi connectivity index (χ4n) is 2.76. The van der Waals surface area contributed by atoms with Gasteiger partial charge in [-0.2, -0.15) is 5.10 Å². The van der Waals surface area contributed by atoms with E-state index in [1.807, 2.05) is 10.9 Å². The minimum Gasteiger partial charge on any atom is -0.394 e. The first-order chi connectivity index (χ1) is 8.78. The second kappa shape index (κ2) is 6.34. The fourth-order valence-corrected chi connectivity index (χ4v) is 2.76. The van der Waals surface area contributed by atoms with Gasteiger partial charge >= 0.3 is 0 Å². The third kappa shape index (κ3) is 3.33. The van der Waals surface area contributed by atoms with Gasteiger partial charge in [0, 0.05) is 30.4 Å². The molecule has 0 atom stereocenters. The molecular weight excluding hydrogens is 226 g/mol. The molecule has 1 aliphatic rings. The molecule has 4 heteroatoms. The van der Waals surface area contributed by atoms with Crippen molar-refractivity contribution in [3.63, 3.8) is 0 Å². The van der Waals surface area contributed by atoms with E-state index in [2.05, 4.69) is 23.5 Å². The highest BCUT2D eigenvalue weighted by Gasteiger charge is 2.30. The molecule has 0 saturated heterocycles. The van der Waals surface area contributed by atoms with Gasteiger partial charge in [-0.15, -0.1) is 0 Å². The second-order valence-electron chi connectivity index (χ2n) is 5.46. The molecule has 2 rings (SSSR count). The van der Waals surface area contributed by atoms with Crippen LogP contribution in [-0.2, 0) is 13.1 Å². The molecule has 2 N–H and O–H groups in total. The lowest BCUT2D eigenvalue weighted by Gasteiger charge is -2.36. The highest BCUT2D eigenvalue weighted by atomic mass is 16.3. The van der Waals surface area contributed by atoms with E-state index in [0.29, 0.717) is 0 Å².